The Kier molecular flexibility index (Phi) is 5.54. The summed E-state index contributed by atoms with van der Waals surface area (Å²) < 4.78 is 0. The van der Waals surface area contributed by atoms with Gasteiger partial charge in [0.2, 0.25) is 5.91 Å². The Labute approximate surface area is 133 Å². The largest absolute Gasteiger partial charge is 0.326 e. The topological polar surface area (TPSA) is 78.5 Å². The zero-order valence-electron chi connectivity index (χ0n) is 12.8. The molecule has 6 nitrogen and oxygen atoms in total. The lowest BCUT2D eigenvalue weighted by molar-refractivity contribution is -0.133. The minimum absolute atomic E-state index is 0.120. The van der Waals surface area contributed by atoms with Crippen molar-refractivity contribution in [2.24, 2.45) is 5.92 Å². The summed E-state index contributed by atoms with van der Waals surface area (Å²) in [7, 11) is 0. The van der Waals surface area contributed by atoms with E-state index < -0.39 is 6.04 Å². The fourth-order valence-electron chi connectivity index (χ4n) is 2.34. The SMILES string of the molecule is CC(C)C(=O)NNC(=O)C1CCCCN1C(=O)c1cccs1. The number of piperidine rings is 1. The molecule has 0 aromatic carbocycles. The molecule has 2 heterocycles. The monoisotopic (exact) mass is 323 g/mol. The molecule has 1 fully saturated rings. The number of thiophene rings is 1. The van der Waals surface area contributed by atoms with Crippen LogP contribution in [0.3, 0.4) is 0 Å². The first-order chi connectivity index (χ1) is 10.5. The average Bonchev–Trinajstić information content (AvgIpc) is 3.05. The molecule has 2 N–H and O–H groups in total. The second kappa shape index (κ2) is 7.40. The van der Waals surface area contributed by atoms with E-state index in [4.69, 9.17) is 0 Å². The van der Waals surface area contributed by atoms with Crippen molar-refractivity contribution in [1.82, 2.24) is 15.8 Å². The van der Waals surface area contributed by atoms with Gasteiger partial charge in [-0.3, -0.25) is 25.2 Å². The van der Waals surface area contributed by atoms with Crippen LogP contribution < -0.4 is 10.9 Å². The van der Waals surface area contributed by atoms with Crippen molar-refractivity contribution in [1.29, 1.82) is 0 Å². The van der Waals surface area contributed by atoms with Crippen LogP contribution in [0.2, 0.25) is 0 Å². The fraction of sp³-hybridized carbons (Fsp3) is 0.533. The van der Waals surface area contributed by atoms with Crippen molar-refractivity contribution < 1.29 is 14.4 Å². The number of rotatable bonds is 3. The Balaban J connectivity index is 2.01. The highest BCUT2D eigenvalue weighted by atomic mass is 32.1. The molecule has 7 heteroatoms. The number of carbonyl (C=O) groups is 3. The van der Waals surface area contributed by atoms with E-state index in [1.165, 1.54) is 11.3 Å². The van der Waals surface area contributed by atoms with Crippen LogP contribution in [0.4, 0.5) is 0 Å². The van der Waals surface area contributed by atoms with E-state index in [9.17, 15) is 14.4 Å². The standard InChI is InChI=1S/C15H21N3O3S/c1-10(2)13(19)16-17-14(20)11-6-3-4-8-18(11)15(21)12-7-5-9-22-12/h5,7,9-11H,3-4,6,8H2,1-2H3,(H,16,19)(H,17,20). The summed E-state index contributed by atoms with van der Waals surface area (Å²) in [5.41, 5.74) is 4.83. The van der Waals surface area contributed by atoms with Crippen LogP contribution in [0.25, 0.3) is 0 Å². The molecule has 1 aliphatic rings. The Bertz CT molecular complexity index is 542. The van der Waals surface area contributed by atoms with Gasteiger partial charge in [0.25, 0.3) is 11.8 Å². The number of hydrogen-bond acceptors (Lipinski definition) is 4. The molecule has 0 spiro atoms. The smallest absolute Gasteiger partial charge is 0.264 e. The van der Waals surface area contributed by atoms with E-state index in [1.807, 2.05) is 11.4 Å². The second-order valence-electron chi connectivity index (χ2n) is 5.62. The summed E-state index contributed by atoms with van der Waals surface area (Å²) >= 11 is 1.37. The molecule has 1 aromatic rings. The van der Waals surface area contributed by atoms with Gasteiger partial charge in [-0.1, -0.05) is 19.9 Å². The van der Waals surface area contributed by atoms with E-state index in [-0.39, 0.29) is 23.6 Å². The Morgan fingerprint density at radius 1 is 1.27 bits per heavy atom. The number of nitrogens with one attached hydrogen (secondary N) is 2. The molecule has 1 unspecified atom stereocenters. The van der Waals surface area contributed by atoms with Crippen molar-refractivity contribution in [3.8, 4) is 0 Å². The van der Waals surface area contributed by atoms with Crippen LogP contribution in [0, 0.1) is 5.92 Å². The number of hydrazine groups is 1. The lowest BCUT2D eigenvalue weighted by Gasteiger charge is -2.34. The molecule has 120 valence electrons. The second-order valence-corrected chi connectivity index (χ2v) is 6.57. The molecular weight excluding hydrogens is 302 g/mol. The lowest BCUT2D eigenvalue weighted by Crippen LogP contribution is -2.55. The van der Waals surface area contributed by atoms with Crippen LogP contribution in [-0.4, -0.2) is 35.2 Å². The van der Waals surface area contributed by atoms with Gasteiger partial charge in [-0.2, -0.15) is 0 Å². The predicted molar refractivity (Wildman–Crippen MR) is 84.1 cm³/mol. The van der Waals surface area contributed by atoms with Crippen molar-refractivity contribution in [3.05, 3.63) is 22.4 Å². The van der Waals surface area contributed by atoms with Crippen LogP contribution in [0.1, 0.15) is 42.8 Å². The van der Waals surface area contributed by atoms with E-state index in [2.05, 4.69) is 10.9 Å². The first-order valence-electron chi connectivity index (χ1n) is 7.45. The molecule has 3 amide bonds. The summed E-state index contributed by atoms with van der Waals surface area (Å²) in [6.45, 7) is 4.05. The summed E-state index contributed by atoms with van der Waals surface area (Å²) in [5, 5.41) is 1.84. The maximum absolute atomic E-state index is 12.5. The maximum atomic E-state index is 12.5. The van der Waals surface area contributed by atoms with Gasteiger partial charge in [-0.25, -0.2) is 0 Å². The highest BCUT2D eigenvalue weighted by molar-refractivity contribution is 7.12. The first kappa shape index (κ1) is 16.5. The third-order valence-electron chi connectivity index (χ3n) is 3.63. The molecule has 1 saturated heterocycles. The maximum Gasteiger partial charge on any atom is 0.264 e. The van der Waals surface area contributed by atoms with Crippen molar-refractivity contribution >= 4 is 29.1 Å². The van der Waals surface area contributed by atoms with Crippen LogP contribution >= 0.6 is 11.3 Å². The summed E-state index contributed by atoms with van der Waals surface area (Å²) in [5.74, 6) is -0.917. The lowest BCUT2D eigenvalue weighted by atomic mass is 10.0. The third-order valence-corrected chi connectivity index (χ3v) is 4.49. The minimum Gasteiger partial charge on any atom is -0.326 e. The molecule has 1 aliphatic heterocycles. The van der Waals surface area contributed by atoms with Crippen molar-refractivity contribution in [2.75, 3.05) is 6.54 Å². The number of nitrogens with zero attached hydrogens (tertiary/aromatic N) is 1. The van der Waals surface area contributed by atoms with Crippen LogP contribution in [0.15, 0.2) is 17.5 Å². The summed E-state index contributed by atoms with van der Waals surface area (Å²) in [6, 6.07) is 3.05. The molecule has 1 atom stereocenters. The van der Waals surface area contributed by atoms with Gasteiger partial charge in [0, 0.05) is 12.5 Å². The zero-order chi connectivity index (χ0) is 16.1. The van der Waals surface area contributed by atoms with E-state index in [0.717, 1.165) is 12.8 Å². The minimum atomic E-state index is -0.532. The van der Waals surface area contributed by atoms with Gasteiger partial charge >= 0.3 is 0 Å². The number of carbonyl (C=O) groups excluding carboxylic acids is 3. The fourth-order valence-corrected chi connectivity index (χ4v) is 3.02. The van der Waals surface area contributed by atoms with Crippen LogP contribution in [-0.2, 0) is 9.59 Å². The molecule has 0 saturated carbocycles. The van der Waals surface area contributed by atoms with Crippen LogP contribution in [0.5, 0.6) is 0 Å². The van der Waals surface area contributed by atoms with Gasteiger partial charge in [-0.05, 0) is 30.7 Å². The highest BCUT2D eigenvalue weighted by Crippen LogP contribution is 2.21. The van der Waals surface area contributed by atoms with Gasteiger partial charge in [0.15, 0.2) is 0 Å². The zero-order valence-corrected chi connectivity index (χ0v) is 13.6. The van der Waals surface area contributed by atoms with E-state index >= 15 is 0 Å². The molecule has 22 heavy (non-hydrogen) atoms. The van der Waals surface area contributed by atoms with Gasteiger partial charge < -0.3 is 4.90 Å². The molecule has 2 rings (SSSR count). The summed E-state index contributed by atoms with van der Waals surface area (Å²) in [4.78, 5) is 38.5. The quantitative estimate of drug-likeness (QED) is 0.828. The predicted octanol–water partition coefficient (Wildman–Crippen LogP) is 1.55. The number of hydrogen-bond donors (Lipinski definition) is 2. The molecule has 1 aromatic heterocycles. The molecule has 0 radical (unpaired) electrons. The van der Waals surface area contributed by atoms with E-state index in [1.54, 1.807) is 24.8 Å². The average molecular weight is 323 g/mol. The van der Waals surface area contributed by atoms with Gasteiger partial charge in [0.1, 0.15) is 6.04 Å². The Hall–Kier alpha value is -1.89. The van der Waals surface area contributed by atoms with Gasteiger partial charge in [0.05, 0.1) is 4.88 Å². The highest BCUT2D eigenvalue weighted by Gasteiger charge is 2.33. The van der Waals surface area contributed by atoms with Crippen molar-refractivity contribution in [3.63, 3.8) is 0 Å². The Morgan fingerprint density at radius 3 is 2.68 bits per heavy atom. The van der Waals surface area contributed by atoms with Gasteiger partial charge in [-0.15, -0.1) is 11.3 Å². The number of amides is 3. The summed E-state index contributed by atoms with van der Waals surface area (Å²) in [6.07, 6.45) is 2.39. The first-order valence-corrected chi connectivity index (χ1v) is 8.33. The molecule has 0 aliphatic carbocycles. The van der Waals surface area contributed by atoms with E-state index in [0.29, 0.717) is 17.8 Å². The molecular formula is C15H21N3O3S. The Morgan fingerprint density at radius 2 is 2.05 bits per heavy atom. The normalized spacial score (nSPS) is 18.1. The number of likely N-dealkylation sites (tertiary alicyclic amines) is 1. The third kappa shape index (κ3) is 3.85. The molecule has 0 bridgehead atoms. The van der Waals surface area contributed by atoms with Crippen molar-refractivity contribution in [2.45, 2.75) is 39.2 Å².